The van der Waals surface area contributed by atoms with E-state index in [4.69, 9.17) is 11.5 Å². The number of rotatable bonds is 3. The zero-order valence-corrected chi connectivity index (χ0v) is 8.70. The average molecular weight is 194 g/mol. The molecule has 14 heavy (non-hydrogen) atoms. The molecular weight excluding hydrogens is 176 g/mol. The van der Waals surface area contributed by atoms with Gasteiger partial charge in [0.1, 0.15) is 0 Å². The highest BCUT2D eigenvalue weighted by atomic mass is 16.3. The summed E-state index contributed by atoms with van der Waals surface area (Å²) in [6, 6.07) is 5.30. The lowest BCUT2D eigenvalue weighted by Crippen LogP contribution is -2.27. The smallest absolute Gasteiger partial charge is 0.0944 e. The Hall–Kier alpha value is -1.06. The van der Waals surface area contributed by atoms with Gasteiger partial charge in [-0.05, 0) is 30.5 Å². The number of aliphatic hydroxyl groups excluding tert-OH is 1. The molecule has 0 aromatic heterocycles. The molecule has 0 saturated carbocycles. The number of nitrogens with two attached hydrogens (primary N) is 2. The number of hydrogen-bond donors (Lipinski definition) is 3. The summed E-state index contributed by atoms with van der Waals surface area (Å²) in [6.07, 6.45) is 0.124. The highest BCUT2D eigenvalue weighted by Gasteiger charge is 2.17. The minimum atomic E-state index is -0.622. The summed E-state index contributed by atoms with van der Waals surface area (Å²) in [6.45, 7) is 3.85. The van der Waals surface area contributed by atoms with Crippen molar-refractivity contribution in [3.63, 3.8) is 0 Å². The quantitative estimate of drug-likeness (QED) is 0.636. The van der Waals surface area contributed by atoms with Gasteiger partial charge in [0, 0.05) is 11.7 Å². The van der Waals surface area contributed by atoms with Crippen LogP contribution in [0.1, 0.15) is 30.6 Å². The van der Waals surface area contributed by atoms with Crippen LogP contribution in [0, 0.1) is 6.92 Å². The summed E-state index contributed by atoms with van der Waals surface area (Å²) < 4.78 is 0. The Morgan fingerprint density at radius 2 is 2.07 bits per heavy atom. The van der Waals surface area contributed by atoms with Crippen LogP contribution in [0.4, 0.5) is 5.69 Å². The number of aliphatic hydroxyl groups is 1. The van der Waals surface area contributed by atoms with Crippen LogP contribution < -0.4 is 11.5 Å². The van der Waals surface area contributed by atoms with Gasteiger partial charge in [-0.2, -0.15) is 0 Å². The van der Waals surface area contributed by atoms with Crippen molar-refractivity contribution in [2.24, 2.45) is 5.73 Å². The SMILES string of the molecule is CC[C@H](N)[C@H](O)c1cccc(N)c1C. The molecule has 5 N–H and O–H groups in total. The minimum absolute atomic E-state index is 0.226. The van der Waals surface area contributed by atoms with Gasteiger partial charge in [0.2, 0.25) is 0 Å². The lowest BCUT2D eigenvalue weighted by molar-refractivity contribution is 0.144. The lowest BCUT2D eigenvalue weighted by atomic mass is 9.96. The van der Waals surface area contributed by atoms with Crippen LogP contribution in [0.15, 0.2) is 18.2 Å². The third-order valence-electron chi connectivity index (χ3n) is 2.61. The molecule has 2 atom stereocenters. The van der Waals surface area contributed by atoms with Crippen LogP contribution in [0.2, 0.25) is 0 Å². The van der Waals surface area contributed by atoms with Crippen LogP contribution in [0.5, 0.6) is 0 Å². The van der Waals surface area contributed by atoms with Gasteiger partial charge in [-0.1, -0.05) is 19.1 Å². The first-order valence-electron chi connectivity index (χ1n) is 4.86. The van der Waals surface area contributed by atoms with E-state index in [1.54, 1.807) is 0 Å². The fourth-order valence-electron chi connectivity index (χ4n) is 1.45. The fourth-order valence-corrected chi connectivity index (χ4v) is 1.45. The van der Waals surface area contributed by atoms with Crippen molar-refractivity contribution in [3.05, 3.63) is 29.3 Å². The van der Waals surface area contributed by atoms with E-state index in [1.807, 2.05) is 32.0 Å². The first-order chi connectivity index (χ1) is 6.57. The first kappa shape index (κ1) is 11.0. The molecule has 3 heteroatoms. The van der Waals surface area contributed by atoms with Crippen molar-refractivity contribution in [3.8, 4) is 0 Å². The number of nitrogen functional groups attached to an aromatic ring is 1. The molecule has 0 heterocycles. The molecule has 1 rings (SSSR count). The third-order valence-corrected chi connectivity index (χ3v) is 2.61. The second-order valence-electron chi connectivity index (χ2n) is 3.58. The van der Waals surface area contributed by atoms with E-state index in [2.05, 4.69) is 0 Å². The van der Waals surface area contributed by atoms with Gasteiger partial charge in [-0.15, -0.1) is 0 Å². The Bertz CT molecular complexity index is 312. The van der Waals surface area contributed by atoms with Crippen molar-refractivity contribution in [2.45, 2.75) is 32.4 Å². The summed E-state index contributed by atoms with van der Waals surface area (Å²) in [5, 5.41) is 9.91. The summed E-state index contributed by atoms with van der Waals surface area (Å²) in [5.41, 5.74) is 14.0. The predicted octanol–water partition coefficient (Wildman–Crippen LogP) is 1.35. The monoisotopic (exact) mass is 194 g/mol. The summed E-state index contributed by atoms with van der Waals surface area (Å²) in [4.78, 5) is 0. The summed E-state index contributed by atoms with van der Waals surface area (Å²) in [5.74, 6) is 0. The highest BCUT2D eigenvalue weighted by Crippen LogP contribution is 2.24. The van der Waals surface area contributed by atoms with Crippen molar-refractivity contribution < 1.29 is 5.11 Å². The van der Waals surface area contributed by atoms with Crippen molar-refractivity contribution in [1.29, 1.82) is 0 Å². The molecule has 0 aliphatic rings. The maximum absolute atomic E-state index is 9.91. The molecular formula is C11H18N2O. The third kappa shape index (κ3) is 2.05. The van der Waals surface area contributed by atoms with E-state index < -0.39 is 6.10 Å². The Morgan fingerprint density at radius 1 is 1.43 bits per heavy atom. The van der Waals surface area contributed by atoms with E-state index in [0.29, 0.717) is 5.69 Å². The Kier molecular flexibility index (Phi) is 3.49. The molecule has 0 bridgehead atoms. The molecule has 0 aliphatic heterocycles. The average Bonchev–Trinajstić information content (AvgIpc) is 2.20. The van der Waals surface area contributed by atoms with Crippen LogP contribution in [-0.4, -0.2) is 11.1 Å². The van der Waals surface area contributed by atoms with Gasteiger partial charge in [0.25, 0.3) is 0 Å². The van der Waals surface area contributed by atoms with Crippen molar-refractivity contribution >= 4 is 5.69 Å². The normalized spacial score (nSPS) is 15.1. The molecule has 0 radical (unpaired) electrons. The molecule has 78 valence electrons. The van der Waals surface area contributed by atoms with Crippen LogP contribution in [0.25, 0.3) is 0 Å². The van der Waals surface area contributed by atoms with E-state index in [-0.39, 0.29) is 6.04 Å². The highest BCUT2D eigenvalue weighted by molar-refractivity contribution is 5.50. The number of anilines is 1. The summed E-state index contributed by atoms with van der Waals surface area (Å²) >= 11 is 0. The molecule has 0 spiro atoms. The molecule has 1 aromatic rings. The van der Waals surface area contributed by atoms with E-state index in [0.717, 1.165) is 17.5 Å². The number of benzene rings is 1. The minimum Gasteiger partial charge on any atom is -0.399 e. The lowest BCUT2D eigenvalue weighted by Gasteiger charge is -2.20. The van der Waals surface area contributed by atoms with Gasteiger partial charge in [0.05, 0.1) is 6.10 Å². The Morgan fingerprint density at radius 3 is 2.64 bits per heavy atom. The molecule has 0 saturated heterocycles. The zero-order chi connectivity index (χ0) is 10.7. The maximum Gasteiger partial charge on any atom is 0.0944 e. The first-order valence-corrected chi connectivity index (χ1v) is 4.86. The van der Waals surface area contributed by atoms with Crippen molar-refractivity contribution in [2.75, 3.05) is 5.73 Å². The standard InChI is InChI=1S/C11H18N2O/c1-3-9(12)11(14)8-5-4-6-10(13)7(8)2/h4-6,9,11,14H,3,12-13H2,1-2H3/t9-,11+/m0/s1. The van der Waals surface area contributed by atoms with Crippen LogP contribution >= 0.6 is 0 Å². The maximum atomic E-state index is 9.91. The van der Waals surface area contributed by atoms with Crippen LogP contribution in [-0.2, 0) is 0 Å². The fraction of sp³-hybridized carbons (Fsp3) is 0.455. The number of hydrogen-bond acceptors (Lipinski definition) is 3. The largest absolute Gasteiger partial charge is 0.399 e. The Labute approximate surface area is 84.7 Å². The Balaban J connectivity index is 3.01. The summed E-state index contributed by atoms with van der Waals surface area (Å²) in [7, 11) is 0. The molecule has 0 fully saturated rings. The van der Waals surface area contributed by atoms with Crippen LogP contribution in [0.3, 0.4) is 0 Å². The second-order valence-corrected chi connectivity index (χ2v) is 3.58. The van der Waals surface area contributed by atoms with Crippen molar-refractivity contribution in [1.82, 2.24) is 0 Å². The molecule has 3 nitrogen and oxygen atoms in total. The molecule has 1 aromatic carbocycles. The molecule has 0 aliphatic carbocycles. The predicted molar refractivity (Wildman–Crippen MR) is 58.8 cm³/mol. The van der Waals surface area contributed by atoms with E-state index >= 15 is 0 Å². The van der Waals surface area contributed by atoms with Gasteiger partial charge in [-0.25, -0.2) is 0 Å². The van der Waals surface area contributed by atoms with E-state index in [9.17, 15) is 5.11 Å². The van der Waals surface area contributed by atoms with Gasteiger partial charge in [0.15, 0.2) is 0 Å². The van der Waals surface area contributed by atoms with Gasteiger partial charge >= 0.3 is 0 Å². The van der Waals surface area contributed by atoms with Gasteiger partial charge in [-0.3, -0.25) is 0 Å². The van der Waals surface area contributed by atoms with E-state index in [1.165, 1.54) is 0 Å². The topological polar surface area (TPSA) is 72.3 Å². The van der Waals surface area contributed by atoms with Gasteiger partial charge < -0.3 is 16.6 Å². The molecule has 0 unspecified atom stereocenters. The second kappa shape index (κ2) is 4.44. The zero-order valence-electron chi connectivity index (χ0n) is 8.70. The molecule has 0 amide bonds.